The molecule has 7 nitrogen and oxygen atoms in total. The van der Waals surface area contributed by atoms with Crippen molar-refractivity contribution in [1.82, 2.24) is 19.3 Å². The molecule has 0 atom stereocenters. The van der Waals surface area contributed by atoms with E-state index in [4.69, 9.17) is 9.15 Å². The Kier molecular flexibility index (Phi) is 6.41. The van der Waals surface area contributed by atoms with E-state index in [1.807, 2.05) is 44.4 Å². The first-order chi connectivity index (χ1) is 13.5. The molecule has 0 aliphatic heterocycles. The van der Waals surface area contributed by atoms with E-state index in [2.05, 4.69) is 14.8 Å². The number of hydrogen-bond acceptors (Lipinski definition) is 6. The Morgan fingerprint density at radius 1 is 1.25 bits per heavy atom. The molecule has 28 heavy (non-hydrogen) atoms. The van der Waals surface area contributed by atoms with Crippen molar-refractivity contribution in [1.29, 1.82) is 0 Å². The standard InChI is InChI=1S/C20H26N4O3S/c1-6-23-19(16-7-9-27-15(16)4)21-22-20(23)28-12-18(25)17-11-13(2)24(14(17)3)8-10-26-5/h7,9,11H,6,8,10,12H2,1-5H3. The monoisotopic (exact) mass is 402 g/mol. The van der Waals surface area contributed by atoms with Crippen molar-refractivity contribution in [2.24, 2.45) is 0 Å². The van der Waals surface area contributed by atoms with Gasteiger partial charge >= 0.3 is 0 Å². The fraction of sp³-hybridized carbons (Fsp3) is 0.450. The Hall–Kier alpha value is -2.32. The molecule has 0 radical (unpaired) electrons. The Labute approximate surface area is 169 Å². The number of furan rings is 1. The van der Waals surface area contributed by atoms with Crippen LogP contribution in [0.5, 0.6) is 0 Å². The molecule has 8 heteroatoms. The molecule has 150 valence electrons. The lowest BCUT2D eigenvalue weighted by molar-refractivity contribution is 0.102. The number of methoxy groups -OCH3 is 1. The molecule has 0 amide bonds. The summed E-state index contributed by atoms with van der Waals surface area (Å²) in [6, 6.07) is 3.85. The third-order valence-electron chi connectivity index (χ3n) is 4.86. The van der Waals surface area contributed by atoms with Crippen molar-refractivity contribution in [3.05, 3.63) is 41.1 Å². The number of carbonyl (C=O) groups is 1. The van der Waals surface area contributed by atoms with Crippen LogP contribution >= 0.6 is 11.8 Å². The zero-order valence-corrected chi connectivity index (χ0v) is 17.8. The van der Waals surface area contributed by atoms with E-state index in [0.29, 0.717) is 12.4 Å². The SMILES string of the molecule is CCn1c(SCC(=O)c2cc(C)n(CCOC)c2C)nnc1-c1ccoc1C. The molecule has 3 aromatic rings. The molecule has 3 rings (SSSR count). The summed E-state index contributed by atoms with van der Waals surface area (Å²) in [4.78, 5) is 12.8. The molecule has 3 aromatic heterocycles. The normalized spacial score (nSPS) is 11.3. The largest absolute Gasteiger partial charge is 0.469 e. The number of carbonyl (C=O) groups excluding carboxylic acids is 1. The van der Waals surface area contributed by atoms with Crippen molar-refractivity contribution >= 4 is 17.5 Å². The van der Waals surface area contributed by atoms with Crippen LogP contribution in [0.4, 0.5) is 0 Å². The molecule has 0 aliphatic rings. The third-order valence-corrected chi connectivity index (χ3v) is 5.82. The number of Topliss-reactive ketones (excluding diaryl/α,β-unsaturated/α-hetero) is 1. The molecule has 0 aromatic carbocycles. The molecule has 3 heterocycles. The average Bonchev–Trinajstić information content (AvgIpc) is 3.35. The molecule has 0 saturated heterocycles. The highest BCUT2D eigenvalue weighted by atomic mass is 32.2. The summed E-state index contributed by atoms with van der Waals surface area (Å²) < 4.78 is 14.7. The van der Waals surface area contributed by atoms with Crippen LogP contribution in [-0.2, 0) is 17.8 Å². The van der Waals surface area contributed by atoms with E-state index in [-0.39, 0.29) is 5.78 Å². The number of thioether (sulfide) groups is 1. The first kappa shape index (κ1) is 20.4. The number of hydrogen-bond donors (Lipinski definition) is 0. The number of nitrogens with zero attached hydrogens (tertiary/aromatic N) is 4. The van der Waals surface area contributed by atoms with Crippen molar-refractivity contribution in [3.63, 3.8) is 0 Å². The van der Waals surface area contributed by atoms with Gasteiger partial charge in [0, 0.05) is 37.2 Å². The minimum atomic E-state index is 0.0912. The van der Waals surface area contributed by atoms with E-state index in [9.17, 15) is 4.79 Å². The minimum Gasteiger partial charge on any atom is -0.469 e. The van der Waals surface area contributed by atoms with Crippen molar-refractivity contribution < 1.29 is 13.9 Å². The molecule has 0 fully saturated rings. The summed E-state index contributed by atoms with van der Waals surface area (Å²) in [5.41, 5.74) is 3.73. The maximum absolute atomic E-state index is 12.8. The second-order valence-corrected chi connectivity index (χ2v) is 7.52. The van der Waals surface area contributed by atoms with E-state index in [0.717, 1.165) is 52.3 Å². The Balaban J connectivity index is 1.75. The minimum absolute atomic E-state index is 0.0912. The Morgan fingerprint density at radius 3 is 2.68 bits per heavy atom. The van der Waals surface area contributed by atoms with E-state index in [1.54, 1.807) is 13.4 Å². The van der Waals surface area contributed by atoms with Crippen molar-refractivity contribution in [2.75, 3.05) is 19.5 Å². The Bertz CT molecular complexity index is 970. The molecule has 0 unspecified atom stereocenters. The summed E-state index contributed by atoms with van der Waals surface area (Å²) in [6.45, 7) is 10.0. The van der Waals surface area contributed by atoms with Crippen LogP contribution in [0.25, 0.3) is 11.4 Å². The fourth-order valence-electron chi connectivity index (χ4n) is 3.31. The average molecular weight is 403 g/mol. The van der Waals surface area contributed by atoms with Crippen LogP contribution in [0.3, 0.4) is 0 Å². The zero-order valence-electron chi connectivity index (χ0n) is 17.0. The zero-order chi connectivity index (χ0) is 20.3. The van der Waals surface area contributed by atoms with Crippen LogP contribution in [0.15, 0.2) is 28.0 Å². The van der Waals surface area contributed by atoms with Crippen LogP contribution in [0.1, 0.15) is 34.4 Å². The lowest BCUT2D eigenvalue weighted by Gasteiger charge is -2.09. The highest BCUT2D eigenvalue weighted by molar-refractivity contribution is 7.99. The van der Waals surface area contributed by atoms with Gasteiger partial charge in [-0.25, -0.2) is 0 Å². The van der Waals surface area contributed by atoms with Crippen LogP contribution in [0.2, 0.25) is 0 Å². The van der Waals surface area contributed by atoms with Gasteiger partial charge in [-0.1, -0.05) is 11.8 Å². The van der Waals surface area contributed by atoms with Gasteiger partial charge in [-0.2, -0.15) is 0 Å². The highest BCUT2D eigenvalue weighted by Gasteiger charge is 2.20. The molecule has 0 saturated carbocycles. The van der Waals surface area contributed by atoms with Gasteiger partial charge in [-0.05, 0) is 39.8 Å². The molecule has 0 aliphatic carbocycles. The summed E-state index contributed by atoms with van der Waals surface area (Å²) in [6.07, 6.45) is 1.65. The third kappa shape index (κ3) is 3.93. The van der Waals surface area contributed by atoms with E-state index >= 15 is 0 Å². The summed E-state index contributed by atoms with van der Waals surface area (Å²) in [5, 5.41) is 9.34. The molecule has 0 spiro atoms. The predicted octanol–water partition coefficient (Wildman–Crippen LogP) is 3.91. The van der Waals surface area contributed by atoms with Gasteiger partial charge in [-0.3, -0.25) is 4.79 Å². The van der Waals surface area contributed by atoms with E-state index in [1.165, 1.54) is 11.8 Å². The van der Waals surface area contributed by atoms with Crippen molar-refractivity contribution in [2.45, 2.75) is 45.9 Å². The maximum atomic E-state index is 12.8. The van der Waals surface area contributed by atoms with Crippen LogP contribution < -0.4 is 0 Å². The van der Waals surface area contributed by atoms with Crippen LogP contribution in [-0.4, -0.2) is 44.6 Å². The predicted molar refractivity (Wildman–Crippen MR) is 109 cm³/mol. The number of rotatable bonds is 9. The topological polar surface area (TPSA) is 75.1 Å². The van der Waals surface area contributed by atoms with Crippen LogP contribution in [0, 0.1) is 20.8 Å². The maximum Gasteiger partial charge on any atom is 0.191 e. The molecule has 0 N–H and O–H groups in total. The summed E-state index contributed by atoms with van der Waals surface area (Å²) in [5.74, 6) is 1.98. The smallest absolute Gasteiger partial charge is 0.191 e. The van der Waals surface area contributed by atoms with Gasteiger partial charge in [0.1, 0.15) is 5.76 Å². The number of aryl methyl sites for hydroxylation is 2. The first-order valence-corrected chi connectivity index (χ1v) is 10.3. The number of ketones is 1. The van der Waals surface area contributed by atoms with Gasteiger partial charge < -0.3 is 18.3 Å². The lowest BCUT2D eigenvalue weighted by Crippen LogP contribution is -2.10. The Morgan fingerprint density at radius 2 is 2.04 bits per heavy atom. The lowest BCUT2D eigenvalue weighted by atomic mass is 10.2. The molecular weight excluding hydrogens is 376 g/mol. The first-order valence-electron chi connectivity index (χ1n) is 9.27. The second kappa shape index (κ2) is 8.79. The van der Waals surface area contributed by atoms with Gasteiger partial charge in [0.2, 0.25) is 0 Å². The second-order valence-electron chi connectivity index (χ2n) is 6.58. The quantitative estimate of drug-likeness (QED) is 0.399. The van der Waals surface area contributed by atoms with Gasteiger partial charge in [0.05, 0.1) is 24.2 Å². The fourth-order valence-corrected chi connectivity index (χ4v) is 4.20. The highest BCUT2D eigenvalue weighted by Crippen LogP contribution is 2.27. The van der Waals surface area contributed by atoms with E-state index < -0.39 is 0 Å². The number of ether oxygens (including phenoxy) is 1. The van der Waals surface area contributed by atoms with Gasteiger partial charge in [0.25, 0.3) is 0 Å². The molecular formula is C20H26N4O3S. The van der Waals surface area contributed by atoms with Gasteiger partial charge in [0.15, 0.2) is 16.8 Å². The van der Waals surface area contributed by atoms with Gasteiger partial charge in [-0.15, -0.1) is 10.2 Å². The number of aromatic nitrogens is 4. The molecule has 0 bridgehead atoms. The summed E-state index contributed by atoms with van der Waals surface area (Å²) >= 11 is 1.42. The van der Waals surface area contributed by atoms with Crippen molar-refractivity contribution in [3.8, 4) is 11.4 Å². The summed E-state index contributed by atoms with van der Waals surface area (Å²) in [7, 11) is 1.68.